The molecule has 1 saturated heterocycles. The van der Waals surface area contributed by atoms with Crippen LogP contribution in [0.1, 0.15) is 19.8 Å². The molecule has 7 heteroatoms. The molecule has 22 heavy (non-hydrogen) atoms. The van der Waals surface area contributed by atoms with E-state index in [0.717, 1.165) is 0 Å². The highest BCUT2D eigenvalue weighted by Gasteiger charge is 2.28. The van der Waals surface area contributed by atoms with Gasteiger partial charge in [0.2, 0.25) is 5.91 Å². The lowest BCUT2D eigenvalue weighted by molar-refractivity contribution is -0.149. The van der Waals surface area contributed by atoms with Crippen molar-refractivity contribution in [2.45, 2.75) is 25.8 Å². The Labute approximate surface area is 128 Å². The fourth-order valence-corrected chi connectivity index (χ4v) is 2.03. The number of ether oxygens (including phenoxy) is 2. The summed E-state index contributed by atoms with van der Waals surface area (Å²) in [5.41, 5.74) is 0.582. The predicted molar refractivity (Wildman–Crippen MR) is 78.4 cm³/mol. The number of anilines is 1. The fraction of sp³-hybridized carbons (Fsp3) is 0.400. The fourth-order valence-electron chi connectivity index (χ4n) is 2.03. The van der Waals surface area contributed by atoms with E-state index in [0.29, 0.717) is 30.9 Å². The number of carbonyl (C=O) groups excluding carboxylic acids is 3. The lowest BCUT2D eigenvalue weighted by Crippen LogP contribution is -2.36. The first-order valence-electron chi connectivity index (χ1n) is 7.07. The van der Waals surface area contributed by atoms with Gasteiger partial charge in [0.25, 0.3) is 5.91 Å². The molecule has 1 unspecified atom stereocenters. The van der Waals surface area contributed by atoms with E-state index in [1.54, 1.807) is 24.3 Å². The highest BCUT2D eigenvalue weighted by atomic mass is 16.5. The summed E-state index contributed by atoms with van der Waals surface area (Å²) < 4.78 is 10.2. The molecular weight excluding hydrogens is 288 g/mol. The van der Waals surface area contributed by atoms with Gasteiger partial charge < -0.3 is 20.1 Å². The first kappa shape index (κ1) is 15.8. The van der Waals surface area contributed by atoms with Crippen LogP contribution in [0.5, 0.6) is 5.75 Å². The summed E-state index contributed by atoms with van der Waals surface area (Å²) in [5.74, 6) is -0.501. The summed E-state index contributed by atoms with van der Waals surface area (Å²) in [5, 5.41) is 5.09. The molecule has 1 fully saturated rings. The highest BCUT2D eigenvalue weighted by Crippen LogP contribution is 2.15. The van der Waals surface area contributed by atoms with Crippen LogP contribution in [0.4, 0.5) is 5.69 Å². The average molecular weight is 306 g/mol. The molecular formula is C15H18N2O5. The molecule has 1 aromatic carbocycles. The minimum Gasteiger partial charge on any atom is -0.494 e. The van der Waals surface area contributed by atoms with Crippen molar-refractivity contribution in [3.63, 3.8) is 0 Å². The Balaban J connectivity index is 1.75. The van der Waals surface area contributed by atoms with Gasteiger partial charge in [0.1, 0.15) is 11.8 Å². The van der Waals surface area contributed by atoms with E-state index in [2.05, 4.69) is 10.6 Å². The van der Waals surface area contributed by atoms with Crippen molar-refractivity contribution in [2.75, 3.05) is 18.5 Å². The molecule has 2 amide bonds. The first-order chi connectivity index (χ1) is 10.6. The van der Waals surface area contributed by atoms with Gasteiger partial charge in [0.15, 0.2) is 6.61 Å². The zero-order valence-electron chi connectivity index (χ0n) is 12.3. The third-order valence-corrected chi connectivity index (χ3v) is 3.07. The number of hydrogen-bond donors (Lipinski definition) is 2. The maximum absolute atomic E-state index is 11.7. The number of benzene rings is 1. The summed E-state index contributed by atoms with van der Waals surface area (Å²) in [6, 6.07) is 6.22. The van der Waals surface area contributed by atoms with Gasteiger partial charge in [-0.25, -0.2) is 4.79 Å². The molecule has 1 aromatic rings. The van der Waals surface area contributed by atoms with Crippen LogP contribution in [0.25, 0.3) is 0 Å². The predicted octanol–water partition coefficient (Wildman–Crippen LogP) is 0.846. The van der Waals surface area contributed by atoms with E-state index >= 15 is 0 Å². The van der Waals surface area contributed by atoms with Gasteiger partial charge in [-0.3, -0.25) is 9.59 Å². The van der Waals surface area contributed by atoms with Gasteiger partial charge in [0.05, 0.1) is 6.61 Å². The van der Waals surface area contributed by atoms with Gasteiger partial charge in [-0.05, 0) is 37.6 Å². The molecule has 1 aliphatic heterocycles. The summed E-state index contributed by atoms with van der Waals surface area (Å²) in [7, 11) is 0. The molecule has 0 aromatic heterocycles. The molecule has 1 heterocycles. The van der Waals surface area contributed by atoms with Crippen LogP contribution >= 0.6 is 0 Å². The van der Waals surface area contributed by atoms with E-state index < -0.39 is 24.5 Å². The summed E-state index contributed by atoms with van der Waals surface area (Å²) >= 11 is 0. The Morgan fingerprint density at radius 3 is 2.64 bits per heavy atom. The van der Waals surface area contributed by atoms with Crippen LogP contribution in [0.3, 0.4) is 0 Å². The molecule has 0 aliphatic carbocycles. The maximum atomic E-state index is 11.7. The molecule has 118 valence electrons. The second-order valence-electron chi connectivity index (χ2n) is 4.77. The molecule has 1 aliphatic rings. The van der Waals surface area contributed by atoms with Gasteiger partial charge >= 0.3 is 5.97 Å². The number of rotatable bonds is 6. The van der Waals surface area contributed by atoms with Crippen LogP contribution < -0.4 is 15.4 Å². The van der Waals surface area contributed by atoms with Crippen molar-refractivity contribution in [1.29, 1.82) is 0 Å². The number of esters is 1. The van der Waals surface area contributed by atoms with Crippen molar-refractivity contribution in [3.8, 4) is 5.75 Å². The summed E-state index contributed by atoms with van der Waals surface area (Å²) in [6.45, 7) is 2.06. The van der Waals surface area contributed by atoms with E-state index in [1.165, 1.54) is 0 Å². The molecule has 1 atom stereocenters. The number of carbonyl (C=O) groups is 3. The number of nitrogens with one attached hydrogen (secondary N) is 2. The van der Waals surface area contributed by atoms with Crippen molar-refractivity contribution >= 4 is 23.5 Å². The summed E-state index contributed by atoms with van der Waals surface area (Å²) in [4.78, 5) is 34.3. The average Bonchev–Trinajstić information content (AvgIpc) is 2.94. The van der Waals surface area contributed by atoms with Gasteiger partial charge in [-0.15, -0.1) is 0 Å². The Morgan fingerprint density at radius 2 is 2.05 bits per heavy atom. The second kappa shape index (κ2) is 7.44. The Hall–Kier alpha value is -2.57. The molecule has 0 spiro atoms. The Kier molecular flexibility index (Phi) is 5.35. The van der Waals surface area contributed by atoms with Crippen LogP contribution in [0.15, 0.2) is 24.3 Å². The molecule has 0 radical (unpaired) electrons. The van der Waals surface area contributed by atoms with Gasteiger partial charge in [-0.1, -0.05) is 0 Å². The zero-order chi connectivity index (χ0) is 15.9. The number of amides is 2. The van der Waals surface area contributed by atoms with Crippen LogP contribution in [-0.4, -0.2) is 37.0 Å². The molecule has 0 bridgehead atoms. The van der Waals surface area contributed by atoms with Crippen molar-refractivity contribution in [2.24, 2.45) is 0 Å². The smallest absolute Gasteiger partial charge is 0.329 e. The lowest BCUT2D eigenvalue weighted by atomic mass is 10.2. The first-order valence-corrected chi connectivity index (χ1v) is 7.07. The van der Waals surface area contributed by atoms with Crippen LogP contribution in [0.2, 0.25) is 0 Å². The normalized spacial score (nSPS) is 16.8. The lowest BCUT2D eigenvalue weighted by Gasteiger charge is -2.10. The van der Waals surface area contributed by atoms with Crippen LogP contribution in [0, 0.1) is 0 Å². The van der Waals surface area contributed by atoms with E-state index in [-0.39, 0.29) is 5.91 Å². The monoisotopic (exact) mass is 306 g/mol. The zero-order valence-corrected chi connectivity index (χ0v) is 12.3. The minimum atomic E-state index is -0.647. The highest BCUT2D eigenvalue weighted by molar-refractivity contribution is 5.94. The Bertz CT molecular complexity index is 556. The summed E-state index contributed by atoms with van der Waals surface area (Å²) in [6.07, 6.45) is 0.705. The van der Waals surface area contributed by atoms with Crippen molar-refractivity contribution < 1.29 is 23.9 Å². The Morgan fingerprint density at radius 1 is 1.32 bits per heavy atom. The third-order valence-electron chi connectivity index (χ3n) is 3.07. The van der Waals surface area contributed by atoms with Gasteiger partial charge in [-0.2, -0.15) is 0 Å². The van der Waals surface area contributed by atoms with Gasteiger partial charge in [0, 0.05) is 12.1 Å². The van der Waals surface area contributed by atoms with Crippen LogP contribution in [-0.2, 0) is 19.1 Å². The number of hydrogen-bond acceptors (Lipinski definition) is 5. The van der Waals surface area contributed by atoms with E-state index in [1.807, 2.05) is 6.92 Å². The molecule has 7 nitrogen and oxygen atoms in total. The van der Waals surface area contributed by atoms with E-state index in [4.69, 9.17) is 9.47 Å². The largest absolute Gasteiger partial charge is 0.494 e. The minimum absolute atomic E-state index is 0.180. The molecule has 2 N–H and O–H groups in total. The van der Waals surface area contributed by atoms with Crippen molar-refractivity contribution in [3.05, 3.63) is 24.3 Å². The molecule has 2 rings (SSSR count). The third kappa shape index (κ3) is 4.47. The standard InChI is InChI=1S/C15H18N2O5/c1-2-21-11-5-3-10(4-6-11)16-14(19)9-22-15(20)12-7-8-13(18)17-12/h3-6,12H,2,7-9H2,1H3,(H,16,19)(H,17,18). The quantitative estimate of drug-likeness (QED) is 0.760. The molecule has 0 saturated carbocycles. The topological polar surface area (TPSA) is 93.7 Å². The SMILES string of the molecule is CCOc1ccc(NC(=O)COC(=O)C2CCC(=O)N2)cc1. The van der Waals surface area contributed by atoms with E-state index in [9.17, 15) is 14.4 Å². The second-order valence-corrected chi connectivity index (χ2v) is 4.77. The van der Waals surface area contributed by atoms with Crippen molar-refractivity contribution in [1.82, 2.24) is 5.32 Å². The maximum Gasteiger partial charge on any atom is 0.329 e.